The number of nitrogens with zero attached hydrogens (tertiary/aromatic N) is 2. The fourth-order valence-electron chi connectivity index (χ4n) is 4.52. The number of benzene rings is 2. The van der Waals surface area contributed by atoms with Crippen LogP contribution >= 0.6 is 11.8 Å². The first-order valence-electron chi connectivity index (χ1n) is 11.3. The van der Waals surface area contributed by atoms with Gasteiger partial charge < -0.3 is 10.2 Å². The average molecular weight is 488 g/mol. The number of rotatable bonds is 7. The molecule has 0 aromatic heterocycles. The van der Waals surface area contributed by atoms with Crippen LogP contribution in [0.2, 0.25) is 0 Å². The second-order valence-electron chi connectivity index (χ2n) is 8.20. The molecule has 0 unspecified atom stereocenters. The molecule has 1 aliphatic heterocycles. The van der Waals surface area contributed by atoms with Gasteiger partial charge in [0.1, 0.15) is 6.54 Å². The SMILES string of the molecule is CCN(CC)S(=O)(=O)c1ccc2c(c1)N(CC(=O)N[C@@H]1CCCc3ccccc31)C(=O)CS2. The fraction of sp³-hybridized carbons (Fsp3) is 0.417. The molecule has 1 atom stereocenters. The molecule has 2 amide bonds. The van der Waals surface area contributed by atoms with Crippen molar-refractivity contribution in [3.63, 3.8) is 0 Å². The average Bonchev–Trinajstić information content (AvgIpc) is 2.81. The Balaban J connectivity index is 1.57. The van der Waals surface area contributed by atoms with E-state index in [1.165, 1.54) is 32.6 Å². The second kappa shape index (κ2) is 9.87. The Morgan fingerprint density at radius 1 is 1.18 bits per heavy atom. The maximum absolute atomic E-state index is 13.0. The molecule has 33 heavy (non-hydrogen) atoms. The van der Waals surface area contributed by atoms with Crippen LogP contribution in [0, 0.1) is 0 Å². The number of carbonyl (C=O) groups is 2. The molecule has 0 radical (unpaired) electrons. The van der Waals surface area contributed by atoms with E-state index in [0.29, 0.717) is 18.8 Å². The Morgan fingerprint density at radius 2 is 1.94 bits per heavy atom. The van der Waals surface area contributed by atoms with Crippen molar-refractivity contribution in [3.8, 4) is 0 Å². The molecule has 1 heterocycles. The minimum absolute atomic E-state index is 0.0782. The van der Waals surface area contributed by atoms with Gasteiger partial charge in [-0.05, 0) is 48.6 Å². The highest BCUT2D eigenvalue weighted by molar-refractivity contribution is 8.00. The van der Waals surface area contributed by atoms with Crippen molar-refractivity contribution >= 4 is 39.3 Å². The number of sulfonamides is 1. The van der Waals surface area contributed by atoms with Crippen molar-refractivity contribution in [1.82, 2.24) is 9.62 Å². The van der Waals surface area contributed by atoms with E-state index in [9.17, 15) is 18.0 Å². The third-order valence-corrected chi connectivity index (χ3v) is 9.32. The quantitative estimate of drug-likeness (QED) is 0.647. The molecule has 1 aliphatic carbocycles. The first-order chi connectivity index (χ1) is 15.8. The standard InChI is InChI=1S/C24H29N3O4S2/c1-3-26(4-2)33(30,31)18-12-13-22-21(14-18)27(24(29)16-32-22)15-23(28)25-20-11-7-9-17-8-5-6-10-19(17)20/h5-6,8,10,12-14,20H,3-4,7,9,11,15-16H2,1-2H3,(H,25,28)/t20-/m1/s1. The van der Waals surface area contributed by atoms with Crippen molar-refractivity contribution in [2.24, 2.45) is 0 Å². The van der Waals surface area contributed by atoms with Crippen molar-refractivity contribution in [2.75, 3.05) is 30.3 Å². The molecule has 0 fully saturated rings. The lowest BCUT2D eigenvalue weighted by Gasteiger charge is -2.31. The maximum Gasteiger partial charge on any atom is 0.243 e. The second-order valence-corrected chi connectivity index (χ2v) is 11.2. The number of amides is 2. The first-order valence-corrected chi connectivity index (χ1v) is 13.7. The number of carbonyl (C=O) groups excluding carboxylic acids is 2. The number of nitrogens with one attached hydrogen (secondary N) is 1. The van der Waals surface area contributed by atoms with Crippen molar-refractivity contribution in [2.45, 2.75) is 48.9 Å². The molecular formula is C24H29N3O4S2. The Morgan fingerprint density at radius 3 is 2.70 bits per heavy atom. The Bertz CT molecular complexity index is 1160. The summed E-state index contributed by atoms with van der Waals surface area (Å²) in [6.45, 7) is 4.16. The highest BCUT2D eigenvalue weighted by Crippen LogP contribution is 2.37. The molecular weight excluding hydrogens is 458 g/mol. The van der Waals surface area contributed by atoms with Gasteiger partial charge >= 0.3 is 0 Å². The van der Waals surface area contributed by atoms with Crippen molar-refractivity contribution in [1.29, 1.82) is 0 Å². The van der Waals surface area contributed by atoms with Gasteiger partial charge in [-0.1, -0.05) is 38.1 Å². The van der Waals surface area contributed by atoms with Gasteiger partial charge in [-0.2, -0.15) is 4.31 Å². The largest absolute Gasteiger partial charge is 0.348 e. The summed E-state index contributed by atoms with van der Waals surface area (Å²) in [7, 11) is -3.67. The number of anilines is 1. The van der Waals surface area contributed by atoms with Crippen LogP contribution in [0.1, 0.15) is 43.9 Å². The van der Waals surface area contributed by atoms with E-state index in [1.807, 2.05) is 18.2 Å². The van der Waals surface area contributed by atoms with E-state index in [1.54, 1.807) is 26.0 Å². The first kappa shape index (κ1) is 23.8. The van der Waals surface area contributed by atoms with Crippen LogP contribution in [-0.2, 0) is 26.0 Å². The molecule has 7 nitrogen and oxygen atoms in total. The van der Waals surface area contributed by atoms with E-state index in [-0.39, 0.29) is 35.0 Å². The number of fused-ring (bicyclic) bond motifs is 2. The smallest absolute Gasteiger partial charge is 0.243 e. The van der Waals surface area contributed by atoms with Crippen LogP contribution in [-0.4, -0.2) is 49.9 Å². The molecule has 0 saturated heterocycles. The fourth-order valence-corrected chi connectivity index (χ4v) is 6.91. The summed E-state index contributed by atoms with van der Waals surface area (Å²) < 4.78 is 27.4. The molecule has 1 N–H and O–H groups in total. The molecule has 4 rings (SSSR count). The third kappa shape index (κ3) is 4.81. The minimum atomic E-state index is -3.67. The van der Waals surface area contributed by atoms with Crippen LogP contribution in [0.4, 0.5) is 5.69 Å². The van der Waals surface area contributed by atoms with Gasteiger partial charge in [-0.25, -0.2) is 8.42 Å². The normalized spacial score (nSPS) is 18.1. The molecule has 2 aromatic rings. The Hall–Kier alpha value is -2.36. The van der Waals surface area contributed by atoms with E-state index < -0.39 is 10.0 Å². The molecule has 0 bridgehead atoms. The summed E-state index contributed by atoms with van der Waals surface area (Å²) >= 11 is 1.36. The predicted octanol–water partition coefficient (Wildman–Crippen LogP) is 3.35. The lowest BCUT2D eigenvalue weighted by molar-refractivity contribution is -0.123. The summed E-state index contributed by atoms with van der Waals surface area (Å²) in [6, 6.07) is 12.9. The van der Waals surface area contributed by atoms with Gasteiger partial charge in [-0.15, -0.1) is 11.8 Å². The highest BCUT2D eigenvalue weighted by Gasteiger charge is 2.31. The third-order valence-electron chi connectivity index (χ3n) is 6.22. The van der Waals surface area contributed by atoms with E-state index in [0.717, 1.165) is 29.7 Å². The molecule has 9 heteroatoms. The van der Waals surface area contributed by atoms with Gasteiger partial charge in [-0.3, -0.25) is 9.59 Å². The van der Waals surface area contributed by atoms with Gasteiger partial charge in [0, 0.05) is 18.0 Å². The summed E-state index contributed by atoms with van der Waals surface area (Å²) in [5.41, 5.74) is 2.85. The Labute approximate surface area is 199 Å². The van der Waals surface area contributed by atoms with E-state index in [2.05, 4.69) is 11.4 Å². The number of hydrogen-bond donors (Lipinski definition) is 1. The summed E-state index contributed by atoms with van der Waals surface area (Å²) in [6.07, 6.45) is 2.85. The summed E-state index contributed by atoms with van der Waals surface area (Å²) in [4.78, 5) is 28.1. The van der Waals surface area contributed by atoms with Crippen molar-refractivity contribution in [3.05, 3.63) is 53.6 Å². The minimum Gasteiger partial charge on any atom is -0.348 e. The zero-order valence-electron chi connectivity index (χ0n) is 18.9. The van der Waals surface area contributed by atoms with E-state index in [4.69, 9.17) is 0 Å². The molecule has 0 spiro atoms. The van der Waals surface area contributed by atoms with Crippen LogP contribution < -0.4 is 10.2 Å². The van der Waals surface area contributed by atoms with Gasteiger partial charge in [0.2, 0.25) is 21.8 Å². The molecule has 0 saturated carbocycles. The van der Waals surface area contributed by atoms with Gasteiger partial charge in [0.05, 0.1) is 22.4 Å². The monoisotopic (exact) mass is 487 g/mol. The van der Waals surface area contributed by atoms with Crippen LogP contribution in [0.5, 0.6) is 0 Å². The van der Waals surface area contributed by atoms with Crippen LogP contribution in [0.15, 0.2) is 52.3 Å². The van der Waals surface area contributed by atoms with Crippen LogP contribution in [0.25, 0.3) is 0 Å². The van der Waals surface area contributed by atoms with Gasteiger partial charge in [0.15, 0.2) is 0 Å². The number of thioether (sulfide) groups is 1. The summed E-state index contributed by atoms with van der Waals surface area (Å²) in [5, 5.41) is 3.09. The number of hydrogen-bond acceptors (Lipinski definition) is 5. The molecule has 2 aliphatic rings. The van der Waals surface area contributed by atoms with E-state index >= 15 is 0 Å². The lowest BCUT2D eigenvalue weighted by Crippen LogP contribution is -2.44. The summed E-state index contributed by atoms with van der Waals surface area (Å²) in [5.74, 6) is -0.238. The van der Waals surface area contributed by atoms with Crippen LogP contribution in [0.3, 0.4) is 0 Å². The predicted molar refractivity (Wildman–Crippen MR) is 130 cm³/mol. The molecule has 176 valence electrons. The Kier molecular flexibility index (Phi) is 7.11. The molecule has 2 aromatic carbocycles. The lowest BCUT2D eigenvalue weighted by atomic mass is 9.88. The highest BCUT2D eigenvalue weighted by atomic mass is 32.2. The zero-order valence-corrected chi connectivity index (χ0v) is 20.5. The zero-order chi connectivity index (χ0) is 23.6. The van der Waals surface area contributed by atoms with Crippen molar-refractivity contribution < 1.29 is 18.0 Å². The van der Waals surface area contributed by atoms with Gasteiger partial charge in [0.25, 0.3) is 0 Å². The topological polar surface area (TPSA) is 86.8 Å². The number of aryl methyl sites for hydroxylation is 1. The maximum atomic E-state index is 13.0.